The molecule has 0 atom stereocenters. The van der Waals surface area contributed by atoms with Crippen LogP contribution < -0.4 is 4.72 Å². The van der Waals surface area contributed by atoms with Gasteiger partial charge in [-0.05, 0) is 31.0 Å². The second kappa shape index (κ2) is 6.45. The first-order chi connectivity index (χ1) is 12.4. The van der Waals surface area contributed by atoms with Crippen molar-refractivity contribution in [3.05, 3.63) is 46.8 Å². The quantitative estimate of drug-likeness (QED) is 0.679. The third kappa shape index (κ3) is 3.48. The number of rotatable bonds is 6. The number of hydrogen-bond donors (Lipinski definition) is 1. The van der Waals surface area contributed by atoms with E-state index in [0.717, 1.165) is 36.8 Å². The number of hydrogen-bond acceptors (Lipinski definition) is 7. The predicted molar refractivity (Wildman–Crippen MR) is 87.2 cm³/mol. The highest BCUT2D eigenvalue weighted by Crippen LogP contribution is 2.40. The van der Waals surface area contributed by atoms with Crippen molar-refractivity contribution in [3.8, 4) is 11.5 Å². The van der Waals surface area contributed by atoms with Gasteiger partial charge >= 0.3 is 0 Å². The third-order valence-corrected chi connectivity index (χ3v) is 5.51. The van der Waals surface area contributed by atoms with Crippen LogP contribution in [0.4, 0.5) is 4.39 Å². The minimum Gasteiger partial charge on any atom is -0.360 e. The Hall–Kier alpha value is -2.30. The molecule has 1 aliphatic rings. The first-order valence-electron chi connectivity index (χ1n) is 7.67. The summed E-state index contributed by atoms with van der Waals surface area (Å²) >= 11 is 5.61. The maximum atomic E-state index is 13.2. The zero-order valence-electron chi connectivity index (χ0n) is 13.1. The van der Waals surface area contributed by atoms with Crippen molar-refractivity contribution in [2.45, 2.75) is 30.2 Å². The standard InChI is InChI=1S/C15H12ClFN4O4S/c16-10-5-9(3-4-11(10)17)26(22,23)18-7-14-19-15(21-25-14)12-6-13(24-20-12)8-1-2-8/h3-6,8,18H,1-2,7H2. The Morgan fingerprint density at radius 3 is 2.77 bits per heavy atom. The topological polar surface area (TPSA) is 111 Å². The molecule has 0 bridgehead atoms. The molecule has 1 aliphatic carbocycles. The van der Waals surface area contributed by atoms with Crippen molar-refractivity contribution in [3.63, 3.8) is 0 Å². The summed E-state index contributed by atoms with van der Waals surface area (Å²) in [5.74, 6) is 0.731. The van der Waals surface area contributed by atoms with Gasteiger partial charge in [-0.25, -0.2) is 17.5 Å². The van der Waals surface area contributed by atoms with Crippen molar-refractivity contribution in [2.24, 2.45) is 0 Å². The lowest BCUT2D eigenvalue weighted by molar-refractivity contribution is 0.373. The molecule has 26 heavy (non-hydrogen) atoms. The lowest BCUT2D eigenvalue weighted by Crippen LogP contribution is -2.23. The number of nitrogens with zero attached hydrogens (tertiary/aromatic N) is 3. The van der Waals surface area contributed by atoms with Gasteiger partial charge in [0.2, 0.25) is 21.7 Å². The van der Waals surface area contributed by atoms with Crippen LogP contribution >= 0.6 is 11.6 Å². The van der Waals surface area contributed by atoms with E-state index >= 15 is 0 Å². The molecule has 2 heterocycles. The van der Waals surface area contributed by atoms with E-state index in [1.807, 2.05) is 0 Å². The molecule has 1 saturated carbocycles. The summed E-state index contributed by atoms with van der Waals surface area (Å²) in [6.07, 6.45) is 2.14. The molecule has 8 nitrogen and oxygen atoms in total. The summed E-state index contributed by atoms with van der Waals surface area (Å²) in [4.78, 5) is 3.92. The number of sulfonamides is 1. The number of nitrogens with one attached hydrogen (secondary N) is 1. The van der Waals surface area contributed by atoms with Crippen LogP contribution in [-0.4, -0.2) is 23.7 Å². The van der Waals surface area contributed by atoms with Gasteiger partial charge in [0.15, 0.2) is 5.69 Å². The van der Waals surface area contributed by atoms with Crippen LogP contribution in [0.25, 0.3) is 11.5 Å². The fourth-order valence-corrected chi connectivity index (χ4v) is 3.52. The average Bonchev–Trinajstić information content (AvgIpc) is 3.16. The van der Waals surface area contributed by atoms with Crippen LogP contribution in [0.2, 0.25) is 5.02 Å². The van der Waals surface area contributed by atoms with Crippen LogP contribution in [0, 0.1) is 5.82 Å². The average molecular weight is 399 g/mol. The predicted octanol–water partition coefficient (Wildman–Crippen LogP) is 2.87. The van der Waals surface area contributed by atoms with Crippen LogP contribution in [0.15, 0.2) is 38.2 Å². The molecule has 3 aromatic rings. The molecule has 0 radical (unpaired) electrons. The Morgan fingerprint density at radius 1 is 1.23 bits per heavy atom. The van der Waals surface area contributed by atoms with Gasteiger partial charge in [0.25, 0.3) is 0 Å². The van der Waals surface area contributed by atoms with E-state index in [2.05, 4.69) is 20.0 Å². The Morgan fingerprint density at radius 2 is 2.04 bits per heavy atom. The van der Waals surface area contributed by atoms with Crippen molar-refractivity contribution in [2.75, 3.05) is 0 Å². The first kappa shape index (κ1) is 17.1. The van der Waals surface area contributed by atoms with Gasteiger partial charge in [-0.3, -0.25) is 0 Å². The number of halogens is 2. The second-order valence-corrected chi connectivity index (χ2v) is 7.98. The van der Waals surface area contributed by atoms with Crippen molar-refractivity contribution < 1.29 is 21.9 Å². The molecular formula is C15H12ClFN4O4S. The minimum atomic E-state index is -3.92. The molecule has 1 fully saturated rings. The van der Waals surface area contributed by atoms with E-state index in [0.29, 0.717) is 11.6 Å². The lowest BCUT2D eigenvalue weighted by Gasteiger charge is -2.05. The fraction of sp³-hybridized carbons (Fsp3) is 0.267. The first-order valence-corrected chi connectivity index (χ1v) is 9.53. The summed E-state index contributed by atoms with van der Waals surface area (Å²) in [7, 11) is -3.92. The number of benzene rings is 1. The molecular weight excluding hydrogens is 387 g/mol. The maximum Gasteiger partial charge on any atom is 0.242 e. The van der Waals surface area contributed by atoms with E-state index in [-0.39, 0.29) is 28.2 Å². The number of aromatic nitrogens is 3. The Bertz CT molecular complexity index is 1060. The highest BCUT2D eigenvalue weighted by molar-refractivity contribution is 7.89. The molecule has 1 aromatic carbocycles. The molecule has 0 saturated heterocycles. The zero-order chi connectivity index (χ0) is 18.3. The monoisotopic (exact) mass is 398 g/mol. The summed E-state index contributed by atoms with van der Waals surface area (Å²) < 4.78 is 50.1. The van der Waals surface area contributed by atoms with Crippen LogP contribution in [0.1, 0.15) is 30.4 Å². The zero-order valence-corrected chi connectivity index (χ0v) is 14.7. The maximum absolute atomic E-state index is 13.2. The van der Waals surface area contributed by atoms with Crippen molar-refractivity contribution in [1.29, 1.82) is 0 Å². The van der Waals surface area contributed by atoms with Crippen LogP contribution in [-0.2, 0) is 16.6 Å². The largest absolute Gasteiger partial charge is 0.360 e. The van der Waals surface area contributed by atoms with Gasteiger partial charge in [-0.15, -0.1) is 0 Å². The van der Waals surface area contributed by atoms with E-state index in [1.165, 1.54) is 0 Å². The van der Waals surface area contributed by atoms with Gasteiger partial charge < -0.3 is 9.05 Å². The molecule has 2 aromatic heterocycles. The smallest absolute Gasteiger partial charge is 0.242 e. The van der Waals surface area contributed by atoms with Gasteiger partial charge in [-0.1, -0.05) is 21.9 Å². The highest BCUT2D eigenvalue weighted by Gasteiger charge is 2.28. The molecule has 11 heteroatoms. The normalized spacial score (nSPS) is 14.7. The molecule has 1 N–H and O–H groups in total. The molecule has 0 aliphatic heterocycles. The fourth-order valence-electron chi connectivity index (χ4n) is 2.27. The molecule has 4 rings (SSSR count). The molecule has 136 valence electrons. The summed E-state index contributed by atoms with van der Waals surface area (Å²) in [6.45, 7) is -0.238. The van der Waals surface area contributed by atoms with E-state index in [1.54, 1.807) is 6.07 Å². The molecule has 0 spiro atoms. The Labute approximate surface area is 152 Å². The highest BCUT2D eigenvalue weighted by atomic mass is 35.5. The van der Waals surface area contributed by atoms with Gasteiger partial charge in [0.1, 0.15) is 11.6 Å². The summed E-state index contributed by atoms with van der Waals surface area (Å²) in [5, 5.41) is 7.36. The SMILES string of the molecule is O=S(=O)(NCc1nc(-c2cc(C3CC3)on2)no1)c1ccc(F)c(Cl)c1. The molecule has 0 amide bonds. The van der Waals surface area contributed by atoms with Gasteiger partial charge in [0.05, 0.1) is 16.5 Å². The summed E-state index contributed by atoms with van der Waals surface area (Å²) in [6, 6.07) is 4.85. The van der Waals surface area contributed by atoms with Gasteiger partial charge in [0, 0.05) is 12.0 Å². The summed E-state index contributed by atoms with van der Waals surface area (Å²) in [5.41, 5.74) is 0.426. The Kier molecular flexibility index (Phi) is 4.25. The third-order valence-electron chi connectivity index (χ3n) is 3.82. The van der Waals surface area contributed by atoms with E-state index < -0.39 is 15.8 Å². The minimum absolute atomic E-state index is 0.0488. The Balaban J connectivity index is 1.45. The van der Waals surface area contributed by atoms with E-state index in [9.17, 15) is 12.8 Å². The van der Waals surface area contributed by atoms with Crippen molar-refractivity contribution in [1.82, 2.24) is 20.0 Å². The van der Waals surface area contributed by atoms with Crippen molar-refractivity contribution >= 4 is 21.6 Å². The van der Waals surface area contributed by atoms with Gasteiger partial charge in [-0.2, -0.15) is 4.98 Å². The second-order valence-electron chi connectivity index (χ2n) is 5.80. The lowest BCUT2D eigenvalue weighted by atomic mass is 10.3. The molecule has 0 unspecified atom stereocenters. The van der Waals surface area contributed by atoms with Crippen LogP contribution in [0.5, 0.6) is 0 Å². The van der Waals surface area contributed by atoms with Crippen LogP contribution in [0.3, 0.4) is 0 Å². The van der Waals surface area contributed by atoms with E-state index in [4.69, 9.17) is 20.6 Å².